The van der Waals surface area contributed by atoms with E-state index in [4.69, 9.17) is 15.2 Å². The van der Waals surface area contributed by atoms with Crippen LogP contribution in [0.2, 0.25) is 0 Å². The first-order chi connectivity index (χ1) is 9.56. The van der Waals surface area contributed by atoms with Crippen LogP contribution in [0.25, 0.3) is 0 Å². The molecule has 0 radical (unpaired) electrons. The molecule has 4 heteroatoms. The number of hydrogen-bond donors (Lipinski definition) is 1. The lowest BCUT2D eigenvalue weighted by atomic mass is 10.1. The van der Waals surface area contributed by atoms with Crippen LogP contribution >= 0.6 is 0 Å². The Morgan fingerprint density at radius 2 is 1.65 bits per heavy atom. The van der Waals surface area contributed by atoms with Gasteiger partial charge in [0.05, 0.1) is 25.6 Å². The van der Waals surface area contributed by atoms with Crippen LogP contribution in [0, 0.1) is 6.92 Å². The lowest BCUT2D eigenvalue weighted by Gasteiger charge is -2.23. The highest BCUT2D eigenvalue weighted by atomic mass is 16.5. The molecule has 2 aromatic rings. The lowest BCUT2D eigenvalue weighted by molar-refractivity contribution is 0.355. The Labute approximate surface area is 119 Å². The number of aryl methyl sites for hydroxylation is 1. The van der Waals surface area contributed by atoms with Crippen LogP contribution in [0.3, 0.4) is 0 Å². The van der Waals surface area contributed by atoms with Crippen molar-refractivity contribution in [3.05, 3.63) is 42.0 Å². The predicted molar refractivity (Wildman–Crippen MR) is 83.2 cm³/mol. The van der Waals surface area contributed by atoms with Crippen LogP contribution in [0.1, 0.15) is 5.56 Å². The Morgan fingerprint density at radius 3 is 2.25 bits per heavy atom. The third kappa shape index (κ3) is 2.64. The van der Waals surface area contributed by atoms with Crippen LogP contribution in [0.15, 0.2) is 36.4 Å². The second-order valence-electron chi connectivity index (χ2n) is 4.66. The number of ether oxygens (including phenoxy) is 2. The van der Waals surface area contributed by atoms with Crippen LogP contribution < -0.4 is 20.1 Å². The number of nitrogens with zero attached hydrogens (tertiary/aromatic N) is 1. The van der Waals surface area contributed by atoms with Crippen molar-refractivity contribution in [2.75, 3.05) is 31.9 Å². The first kappa shape index (κ1) is 14.1. The molecule has 0 aliphatic carbocycles. The normalized spacial score (nSPS) is 10.2. The van der Waals surface area contributed by atoms with Crippen molar-refractivity contribution in [2.24, 2.45) is 0 Å². The highest BCUT2D eigenvalue weighted by Gasteiger charge is 2.13. The second-order valence-corrected chi connectivity index (χ2v) is 4.66. The molecule has 0 heterocycles. The van der Waals surface area contributed by atoms with E-state index >= 15 is 0 Å². The Hall–Kier alpha value is -2.36. The van der Waals surface area contributed by atoms with Gasteiger partial charge in [-0.15, -0.1) is 0 Å². The van der Waals surface area contributed by atoms with Crippen LogP contribution in [0.5, 0.6) is 11.5 Å². The monoisotopic (exact) mass is 272 g/mol. The van der Waals surface area contributed by atoms with Gasteiger partial charge in [-0.2, -0.15) is 0 Å². The Balaban J connectivity index is 2.46. The Bertz CT molecular complexity index is 611. The summed E-state index contributed by atoms with van der Waals surface area (Å²) < 4.78 is 10.6. The van der Waals surface area contributed by atoms with Gasteiger partial charge in [0.25, 0.3) is 0 Å². The number of nitrogen functional groups attached to an aromatic ring is 1. The standard InChI is InChI=1S/C16H20N2O2/c1-11-6-5-7-12(8-11)18(2)14-10-16(20-4)15(19-3)9-13(14)17/h5-10H,17H2,1-4H3. The molecule has 2 rings (SSSR count). The summed E-state index contributed by atoms with van der Waals surface area (Å²) in [5.41, 5.74) is 9.92. The Kier molecular flexibility index (Phi) is 4.03. The van der Waals surface area contributed by atoms with Gasteiger partial charge in [-0.3, -0.25) is 0 Å². The molecule has 0 spiro atoms. The van der Waals surface area contributed by atoms with Gasteiger partial charge in [0.2, 0.25) is 0 Å². The first-order valence-corrected chi connectivity index (χ1v) is 6.38. The quantitative estimate of drug-likeness (QED) is 0.867. The summed E-state index contributed by atoms with van der Waals surface area (Å²) in [5.74, 6) is 1.29. The summed E-state index contributed by atoms with van der Waals surface area (Å²) in [5, 5.41) is 0. The summed E-state index contributed by atoms with van der Waals surface area (Å²) >= 11 is 0. The van der Waals surface area contributed by atoms with Gasteiger partial charge in [0.1, 0.15) is 0 Å². The summed E-state index contributed by atoms with van der Waals surface area (Å²) in [4.78, 5) is 2.03. The summed E-state index contributed by atoms with van der Waals surface area (Å²) in [6.07, 6.45) is 0. The summed E-state index contributed by atoms with van der Waals surface area (Å²) in [6.45, 7) is 2.06. The maximum absolute atomic E-state index is 6.12. The van der Waals surface area contributed by atoms with Gasteiger partial charge in [-0.25, -0.2) is 0 Å². The molecule has 106 valence electrons. The van der Waals surface area contributed by atoms with Crippen molar-refractivity contribution >= 4 is 17.1 Å². The zero-order chi connectivity index (χ0) is 14.7. The highest BCUT2D eigenvalue weighted by Crippen LogP contribution is 2.38. The molecule has 0 atom stereocenters. The number of methoxy groups -OCH3 is 2. The molecular formula is C16H20N2O2. The van der Waals surface area contributed by atoms with Crippen LogP contribution in [0.4, 0.5) is 17.1 Å². The fourth-order valence-electron chi connectivity index (χ4n) is 2.15. The fraction of sp³-hybridized carbons (Fsp3) is 0.250. The number of benzene rings is 2. The van der Waals surface area contributed by atoms with E-state index in [1.54, 1.807) is 20.3 Å². The molecule has 0 saturated heterocycles. The second kappa shape index (κ2) is 5.74. The zero-order valence-corrected chi connectivity index (χ0v) is 12.3. The SMILES string of the molecule is COc1cc(N)c(N(C)c2cccc(C)c2)cc1OC. The molecule has 0 aromatic heterocycles. The maximum atomic E-state index is 6.12. The van der Waals surface area contributed by atoms with Gasteiger partial charge in [0, 0.05) is 24.9 Å². The molecular weight excluding hydrogens is 252 g/mol. The highest BCUT2D eigenvalue weighted by molar-refractivity contribution is 5.78. The molecule has 0 fully saturated rings. The average molecular weight is 272 g/mol. The first-order valence-electron chi connectivity index (χ1n) is 6.38. The number of nitrogens with two attached hydrogens (primary N) is 1. The fourth-order valence-corrected chi connectivity index (χ4v) is 2.15. The molecule has 0 aliphatic heterocycles. The molecule has 2 aromatic carbocycles. The zero-order valence-electron chi connectivity index (χ0n) is 12.3. The minimum atomic E-state index is 0.631. The molecule has 2 N–H and O–H groups in total. The molecule has 0 aliphatic rings. The van der Waals surface area contributed by atoms with Crippen molar-refractivity contribution in [3.8, 4) is 11.5 Å². The topological polar surface area (TPSA) is 47.7 Å². The number of rotatable bonds is 4. The Morgan fingerprint density at radius 1 is 1.00 bits per heavy atom. The lowest BCUT2D eigenvalue weighted by Crippen LogP contribution is -2.12. The van der Waals surface area contributed by atoms with Crippen molar-refractivity contribution in [1.82, 2.24) is 0 Å². The third-order valence-electron chi connectivity index (χ3n) is 3.28. The van der Waals surface area contributed by atoms with Crippen molar-refractivity contribution < 1.29 is 9.47 Å². The van der Waals surface area contributed by atoms with Crippen molar-refractivity contribution in [2.45, 2.75) is 6.92 Å². The number of anilines is 3. The molecule has 0 bridgehead atoms. The van der Waals surface area contributed by atoms with Gasteiger partial charge in [-0.1, -0.05) is 12.1 Å². The van der Waals surface area contributed by atoms with Gasteiger partial charge < -0.3 is 20.1 Å². The van der Waals surface area contributed by atoms with E-state index in [1.807, 2.05) is 30.1 Å². The van der Waals surface area contributed by atoms with E-state index in [-0.39, 0.29) is 0 Å². The molecule has 0 unspecified atom stereocenters. The van der Waals surface area contributed by atoms with E-state index in [2.05, 4.69) is 19.1 Å². The van der Waals surface area contributed by atoms with E-state index in [0.29, 0.717) is 17.2 Å². The molecule has 20 heavy (non-hydrogen) atoms. The largest absolute Gasteiger partial charge is 0.493 e. The van der Waals surface area contributed by atoms with E-state index in [0.717, 1.165) is 11.4 Å². The van der Waals surface area contributed by atoms with E-state index in [1.165, 1.54) is 5.56 Å². The summed E-state index contributed by atoms with van der Waals surface area (Å²) in [7, 11) is 5.19. The van der Waals surface area contributed by atoms with Gasteiger partial charge >= 0.3 is 0 Å². The molecule has 0 amide bonds. The summed E-state index contributed by atoms with van der Waals surface area (Å²) in [6, 6.07) is 11.9. The number of hydrogen-bond acceptors (Lipinski definition) is 4. The molecule has 4 nitrogen and oxygen atoms in total. The maximum Gasteiger partial charge on any atom is 0.162 e. The van der Waals surface area contributed by atoms with E-state index < -0.39 is 0 Å². The van der Waals surface area contributed by atoms with Crippen LogP contribution in [-0.2, 0) is 0 Å². The minimum Gasteiger partial charge on any atom is -0.493 e. The van der Waals surface area contributed by atoms with Crippen LogP contribution in [-0.4, -0.2) is 21.3 Å². The smallest absolute Gasteiger partial charge is 0.162 e. The van der Waals surface area contributed by atoms with E-state index in [9.17, 15) is 0 Å². The van der Waals surface area contributed by atoms with Gasteiger partial charge in [-0.05, 0) is 24.6 Å². The third-order valence-corrected chi connectivity index (χ3v) is 3.28. The predicted octanol–water partition coefficient (Wildman–Crippen LogP) is 3.36. The minimum absolute atomic E-state index is 0.631. The van der Waals surface area contributed by atoms with Crippen molar-refractivity contribution in [1.29, 1.82) is 0 Å². The average Bonchev–Trinajstić information content (AvgIpc) is 2.46. The molecule has 0 saturated carbocycles. The van der Waals surface area contributed by atoms with Gasteiger partial charge in [0.15, 0.2) is 11.5 Å². The van der Waals surface area contributed by atoms with Crippen molar-refractivity contribution in [3.63, 3.8) is 0 Å².